The van der Waals surface area contributed by atoms with Crippen LogP contribution in [0, 0.1) is 0 Å². The lowest BCUT2D eigenvalue weighted by Gasteiger charge is -2.42. The van der Waals surface area contributed by atoms with Crippen molar-refractivity contribution in [2.24, 2.45) is 0 Å². The number of rotatable bonds is 4. The highest BCUT2D eigenvalue weighted by Crippen LogP contribution is 2.46. The summed E-state index contributed by atoms with van der Waals surface area (Å²) < 4.78 is 47.5. The van der Waals surface area contributed by atoms with Crippen LogP contribution in [-0.2, 0) is 10.4 Å². The Morgan fingerprint density at radius 3 is 1.85 bits per heavy atom. The van der Waals surface area contributed by atoms with Crippen LogP contribution in [0.1, 0.15) is 11.1 Å². The minimum atomic E-state index is -4.63. The molecule has 0 bridgehead atoms. The first-order chi connectivity index (χ1) is 16.4. The van der Waals surface area contributed by atoms with Gasteiger partial charge in [-0.05, 0) is 11.6 Å². The predicted octanol–water partition coefficient (Wildman–Crippen LogP) is 5.98. The van der Waals surface area contributed by atoms with Crippen molar-refractivity contribution in [3.63, 3.8) is 0 Å². The van der Waals surface area contributed by atoms with Crippen LogP contribution in [0.2, 0.25) is 0 Å². The fourth-order valence-electron chi connectivity index (χ4n) is 4.20. The Kier molecular flexibility index (Phi) is 5.32. The second kappa shape index (κ2) is 8.33. The number of nitrogens with zero attached hydrogens (tertiary/aromatic N) is 2. The van der Waals surface area contributed by atoms with E-state index in [0.29, 0.717) is 16.7 Å². The standard InChI is InChI=1S/C27H19F3N2O2/c28-26(29,30)18-32-23-16-20(19-10-4-1-5-11-19)17-31-24(23)34-27(25(32)33,21-12-6-2-7-13-21)22-14-8-3-9-15-22/h1-17H,18H2. The van der Waals surface area contributed by atoms with Crippen molar-refractivity contribution in [1.29, 1.82) is 0 Å². The molecule has 4 aromatic rings. The summed E-state index contributed by atoms with van der Waals surface area (Å²) in [6.07, 6.45) is -3.09. The molecular formula is C27H19F3N2O2. The molecule has 1 amide bonds. The van der Waals surface area contributed by atoms with Crippen LogP contribution in [0.15, 0.2) is 103 Å². The van der Waals surface area contributed by atoms with Crippen LogP contribution >= 0.6 is 0 Å². The van der Waals surface area contributed by atoms with Crippen LogP contribution in [0.5, 0.6) is 5.88 Å². The number of halogens is 3. The molecule has 0 aliphatic carbocycles. The number of carbonyl (C=O) groups is 1. The van der Waals surface area contributed by atoms with E-state index in [-0.39, 0.29) is 11.6 Å². The van der Waals surface area contributed by atoms with Gasteiger partial charge in [-0.3, -0.25) is 9.69 Å². The van der Waals surface area contributed by atoms with Gasteiger partial charge < -0.3 is 4.74 Å². The SMILES string of the molecule is O=C1N(CC(F)(F)F)c2cc(-c3ccccc3)cnc2OC1(c1ccccc1)c1ccccc1. The van der Waals surface area contributed by atoms with Gasteiger partial charge in [0.25, 0.3) is 5.91 Å². The molecule has 0 saturated heterocycles. The summed E-state index contributed by atoms with van der Waals surface area (Å²) in [5.74, 6) is -0.877. The maximum atomic E-state index is 14.0. The number of aromatic nitrogens is 1. The molecule has 0 saturated carbocycles. The Hall–Kier alpha value is -4.13. The van der Waals surface area contributed by atoms with Crippen molar-refractivity contribution >= 4 is 11.6 Å². The molecule has 0 unspecified atom stereocenters. The Labute approximate surface area is 194 Å². The van der Waals surface area contributed by atoms with Crippen LogP contribution < -0.4 is 9.64 Å². The van der Waals surface area contributed by atoms with Gasteiger partial charge in [0.2, 0.25) is 11.5 Å². The average Bonchev–Trinajstić information content (AvgIpc) is 2.86. The first kappa shape index (κ1) is 21.7. The zero-order valence-electron chi connectivity index (χ0n) is 17.9. The predicted molar refractivity (Wildman–Crippen MR) is 122 cm³/mol. The second-order valence-electron chi connectivity index (χ2n) is 7.94. The number of fused-ring (bicyclic) bond motifs is 1. The van der Waals surface area contributed by atoms with Gasteiger partial charge in [-0.15, -0.1) is 0 Å². The topological polar surface area (TPSA) is 42.4 Å². The summed E-state index contributed by atoms with van der Waals surface area (Å²) >= 11 is 0. The van der Waals surface area contributed by atoms with Crippen molar-refractivity contribution in [3.8, 4) is 17.0 Å². The van der Waals surface area contributed by atoms with E-state index in [2.05, 4.69) is 4.98 Å². The maximum Gasteiger partial charge on any atom is 0.406 e. The van der Waals surface area contributed by atoms with E-state index in [9.17, 15) is 18.0 Å². The molecule has 0 atom stereocenters. The minimum Gasteiger partial charge on any atom is -0.449 e. The number of amides is 1. The summed E-state index contributed by atoms with van der Waals surface area (Å²) in [7, 11) is 0. The van der Waals surface area contributed by atoms with E-state index in [1.807, 2.05) is 30.3 Å². The molecule has 0 radical (unpaired) electrons. The van der Waals surface area contributed by atoms with E-state index in [4.69, 9.17) is 4.74 Å². The van der Waals surface area contributed by atoms with Crippen molar-refractivity contribution < 1.29 is 22.7 Å². The third kappa shape index (κ3) is 3.79. The summed E-state index contributed by atoms with van der Waals surface area (Å²) in [6, 6.07) is 27.7. The highest BCUT2D eigenvalue weighted by molar-refractivity contribution is 6.05. The Morgan fingerprint density at radius 1 is 0.794 bits per heavy atom. The highest BCUT2D eigenvalue weighted by Gasteiger charge is 2.53. The molecule has 34 heavy (non-hydrogen) atoms. The maximum absolute atomic E-state index is 14.0. The average molecular weight is 460 g/mol. The van der Waals surface area contributed by atoms with Gasteiger partial charge in [-0.1, -0.05) is 91.0 Å². The van der Waals surface area contributed by atoms with Crippen molar-refractivity contribution in [2.75, 3.05) is 11.4 Å². The van der Waals surface area contributed by atoms with E-state index < -0.39 is 24.2 Å². The third-order valence-corrected chi connectivity index (χ3v) is 5.72. The Bertz CT molecular complexity index is 1270. The summed E-state index contributed by atoms with van der Waals surface area (Å²) in [5.41, 5.74) is 0.333. The van der Waals surface area contributed by atoms with E-state index in [1.165, 1.54) is 12.3 Å². The van der Waals surface area contributed by atoms with Gasteiger partial charge in [0.1, 0.15) is 12.2 Å². The smallest absolute Gasteiger partial charge is 0.406 e. The number of carbonyl (C=O) groups excluding carboxylic acids is 1. The van der Waals surface area contributed by atoms with Crippen LogP contribution in [0.4, 0.5) is 18.9 Å². The van der Waals surface area contributed by atoms with Gasteiger partial charge in [0, 0.05) is 22.9 Å². The third-order valence-electron chi connectivity index (χ3n) is 5.72. The quantitative estimate of drug-likeness (QED) is 0.376. The molecular weight excluding hydrogens is 441 g/mol. The number of anilines is 1. The van der Waals surface area contributed by atoms with Crippen molar-refractivity contribution in [3.05, 3.63) is 114 Å². The highest BCUT2D eigenvalue weighted by atomic mass is 19.4. The molecule has 7 heteroatoms. The van der Waals surface area contributed by atoms with Crippen LogP contribution in [0.3, 0.4) is 0 Å². The fourth-order valence-corrected chi connectivity index (χ4v) is 4.20. The lowest BCUT2D eigenvalue weighted by Crippen LogP contribution is -2.56. The van der Waals surface area contributed by atoms with Crippen molar-refractivity contribution in [1.82, 2.24) is 4.98 Å². The number of hydrogen-bond donors (Lipinski definition) is 0. The number of pyridine rings is 1. The molecule has 1 aromatic heterocycles. The number of benzene rings is 3. The molecule has 1 aliphatic heterocycles. The number of alkyl halides is 3. The zero-order chi connectivity index (χ0) is 23.8. The normalized spacial score (nSPS) is 14.9. The van der Waals surface area contributed by atoms with Gasteiger partial charge in [-0.25, -0.2) is 4.98 Å². The molecule has 170 valence electrons. The first-order valence-electron chi connectivity index (χ1n) is 10.6. The lowest BCUT2D eigenvalue weighted by molar-refractivity contribution is -0.143. The second-order valence-corrected chi connectivity index (χ2v) is 7.94. The lowest BCUT2D eigenvalue weighted by atomic mass is 9.83. The molecule has 0 spiro atoms. The molecule has 1 aliphatic rings. The molecule has 2 heterocycles. The van der Waals surface area contributed by atoms with Gasteiger partial charge in [-0.2, -0.15) is 13.2 Å². The molecule has 0 fully saturated rings. The largest absolute Gasteiger partial charge is 0.449 e. The minimum absolute atomic E-state index is 0.0221. The summed E-state index contributed by atoms with van der Waals surface area (Å²) in [4.78, 5) is 19.1. The van der Waals surface area contributed by atoms with Gasteiger partial charge in [0.15, 0.2) is 0 Å². The van der Waals surface area contributed by atoms with E-state index in [1.54, 1.807) is 60.7 Å². The number of hydrogen-bond acceptors (Lipinski definition) is 3. The van der Waals surface area contributed by atoms with Crippen LogP contribution in [-0.4, -0.2) is 23.6 Å². The van der Waals surface area contributed by atoms with Gasteiger partial charge in [0.05, 0.1) is 0 Å². The zero-order valence-corrected chi connectivity index (χ0v) is 17.9. The molecule has 4 nitrogen and oxygen atoms in total. The van der Waals surface area contributed by atoms with Crippen molar-refractivity contribution in [2.45, 2.75) is 11.8 Å². The fraction of sp³-hybridized carbons (Fsp3) is 0.111. The van der Waals surface area contributed by atoms with Gasteiger partial charge >= 0.3 is 6.18 Å². The monoisotopic (exact) mass is 460 g/mol. The van der Waals surface area contributed by atoms with E-state index >= 15 is 0 Å². The first-order valence-corrected chi connectivity index (χ1v) is 10.6. The molecule has 0 N–H and O–H groups in total. The van der Waals surface area contributed by atoms with E-state index in [0.717, 1.165) is 10.5 Å². The van der Waals surface area contributed by atoms with Crippen LogP contribution in [0.25, 0.3) is 11.1 Å². The summed E-state index contributed by atoms with van der Waals surface area (Å²) in [6.45, 7) is -1.47. The number of ether oxygens (including phenoxy) is 1. The summed E-state index contributed by atoms with van der Waals surface area (Å²) in [5, 5.41) is 0. The molecule has 3 aromatic carbocycles. The Morgan fingerprint density at radius 2 is 1.32 bits per heavy atom. The Balaban J connectivity index is 1.74. The molecule has 5 rings (SSSR count).